The molecule has 8 heteroatoms. The highest BCUT2D eigenvalue weighted by Crippen LogP contribution is 2.43. The first-order valence-corrected chi connectivity index (χ1v) is 12.3. The van der Waals surface area contributed by atoms with Crippen molar-refractivity contribution < 1.29 is 28.5 Å². The van der Waals surface area contributed by atoms with Crippen LogP contribution in [0.15, 0.2) is 54.6 Å². The van der Waals surface area contributed by atoms with Crippen molar-refractivity contribution in [3.8, 4) is 5.75 Å². The highest BCUT2D eigenvalue weighted by molar-refractivity contribution is 6.05. The van der Waals surface area contributed by atoms with Gasteiger partial charge < -0.3 is 23.8 Å². The number of nitrogens with zero attached hydrogens (tertiary/aromatic N) is 2. The molecule has 0 spiro atoms. The van der Waals surface area contributed by atoms with Crippen LogP contribution < -0.4 is 9.64 Å². The number of anilines is 1. The van der Waals surface area contributed by atoms with Crippen LogP contribution in [-0.2, 0) is 25.6 Å². The molecule has 2 aromatic carbocycles. The van der Waals surface area contributed by atoms with Crippen LogP contribution >= 0.6 is 0 Å². The number of hydrogen-bond donors (Lipinski definition) is 0. The van der Waals surface area contributed by atoms with E-state index in [1.54, 1.807) is 16.9 Å². The van der Waals surface area contributed by atoms with Crippen LogP contribution in [-0.4, -0.2) is 59.6 Å². The molecule has 1 unspecified atom stereocenters. The molecule has 2 fully saturated rings. The lowest BCUT2D eigenvalue weighted by Gasteiger charge is -2.51. The van der Waals surface area contributed by atoms with Gasteiger partial charge in [0.05, 0.1) is 31.9 Å². The van der Waals surface area contributed by atoms with Gasteiger partial charge in [-0.2, -0.15) is 0 Å². The van der Waals surface area contributed by atoms with Crippen LogP contribution in [0.25, 0.3) is 0 Å². The molecular weight excluding hydrogens is 460 g/mol. The molecule has 2 aliphatic rings. The molecule has 4 atom stereocenters. The first-order valence-electron chi connectivity index (χ1n) is 12.3. The summed E-state index contributed by atoms with van der Waals surface area (Å²) >= 11 is 0. The van der Waals surface area contributed by atoms with E-state index in [1.165, 1.54) is 0 Å². The number of rotatable bonds is 6. The summed E-state index contributed by atoms with van der Waals surface area (Å²) in [5.74, 6) is 0.524. The van der Waals surface area contributed by atoms with Gasteiger partial charge >= 0.3 is 6.09 Å². The maximum atomic E-state index is 13.5. The molecule has 2 aliphatic heterocycles. The van der Waals surface area contributed by atoms with Gasteiger partial charge in [0.15, 0.2) is 6.10 Å². The molecule has 0 aromatic heterocycles. The summed E-state index contributed by atoms with van der Waals surface area (Å²) in [5.41, 5.74) is 0.0526. The lowest BCUT2D eigenvalue weighted by molar-refractivity contribution is -0.146. The Morgan fingerprint density at radius 2 is 1.67 bits per heavy atom. The van der Waals surface area contributed by atoms with Crippen LogP contribution in [0.4, 0.5) is 10.5 Å². The standard InChI is InChI=1S/C28H36N2O6/c1-18-22(30(28(5,6)35-18)26(32)36-27(2,3)4)23-24(34-17-19-11-9-8-10-12-19)25(31)29(23)20-13-15-21(33-7)16-14-20/h8-16,18,22-24H,17H2,1-7H3/t18-,22?,23+,24-/m0/s1. The van der Waals surface area contributed by atoms with Gasteiger partial charge in [-0.3, -0.25) is 9.69 Å². The fourth-order valence-electron chi connectivity index (χ4n) is 5.02. The van der Waals surface area contributed by atoms with Crippen LogP contribution in [0.1, 0.15) is 47.1 Å². The molecule has 2 heterocycles. The molecule has 0 N–H and O–H groups in total. The van der Waals surface area contributed by atoms with Gasteiger partial charge in [-0.15, -0.1) is 0 Å². The Hall–Kier alpha value is -3.10. The maximum Gasteiger partial charge on any atom is 0.412 e. The highest BCUT2D eigenvalue weighted by Gasteiger charge is 2.62. The van der Waals surface area contributed by atoms with Crippen molar-refractivity contribution in [3.63, 3.8) is 0 Å². The molecule has 8 nitrogen and oxygen atoms in total. The second kappa shape index (κ2) is 9.75. The van der Waals surface area contributed by atoms with Gasteiger partial charge in [0.1, 0.15) is 17.1 Å². The van der Waals surface area contributed by atoms with E-state index in [4.69, 9.17) is 18.9 Å². The highest BCUT2D eigenvalue weighted by atomic mass is 16.6. The summed E-state index contributed by atoms with van der Waals surface area (Å²) in [6, 6.07) is 16.0. The quantitative estimate of drug-likeness (QED) is 0.537. The monoisotopic (exact) mass is 496 g/mol. The molecule has 36 heavy (non-hydrogen) atoms. The summed E-state index contributed by atoms with van der Waals surface area (Å²) in [5, 5.41) is 0. The summed E-state index contributed by atoms with van der Waals surface area (Å²) in [6.07, 6.45) is -1.60. The number of carbonyl (C=O) groups is 2. The van der Waals surface area contributed by atoms with Crippen LogP contribution in [0.3, 0.4) is 0 Å². The molecule has 2 saturated heterocycles. The second-order valence-electron chi connectivity index (χ2n) is 10.7. The van der Waals surface area contributed by atoms with Gasteiger partial charge in [-0.05, 0) is 71.4 Å². The van der Waals surface area contributed by atoms with E-state index in [1.807, 2.05) is 96.1 Å². The van der Waals surface area contributed by atoms with Crippen molar-refractivity contribution in [1.82, 2.24) is 4.90 Å². The number of ether oxygens (including phenoxy) is 4. The average molecular weight is 497 g/mol. The largest absolute Gasteiger partial charge is 0.497 e. The molecule has 194 valence electrons. The normalized spacial score (nSPS) is 25.5. The van der Waals surface area contributed by atoms with Gasteiger partial charge in [0, 0.05) is 5.69 Å². The third kappa shape index (κ3) is 5.06. The van der Waals surface area contributed by atoms with Crippen molar-refractivity contribution in [1.29, 1.82) is 0 Å². The van der Waals surface area contributed by atoms with Crippen LogP contribution in [0.5, 0.6) is 5.75 Å². The summed E-state index contributed by atoms with van der Waals surface area (Å²) in [7, 11) is 1.60. The first-order chi connectivity index (χ1) is 16.9. The Morgan fingerprint density at radius 3 is 2.25 bits per heavy atom. The zero-order valence-corrected chi connectivity index (χ0v) is 22.1. The molecular formula is C28H36N2O6. The fraction of sp³-hybridized carbons (Fsp3) is 0.500. The van der Waals surface area contributed by atoms with Gasteiger partial charge in [0.25, 0.3) is 5.91 Å². The minimum Gasteiger partial charge on any atom is -0.497 e. The Balaban J connectivity index is 1.69. The topological polar surface area (TPSA) is 77.5 Å². The SMILES string of the molecule is COc1ccc(N2C(=O)[C@@H](OCc3ccccc3)[C@H]2C2[C@H](C)OC(C)(C)N2C(=O)OC(C)(C)C)cc1. The smallest absolute Gasteiger partial charge is 0.412 e. The van der Waals surface area contributed by atoms with Crippen molar-refractivity contribution in [2.45, 2.75) is 83.8 Å². The predicted octanol–water partition coefficient (Wildman–Crippen LogP) is 4.76. The Labute approximate surface area is 213 Å². The van der Waals surface area contributed by atoms with Crippen LogP contribution in [0, 0.1) is 0 Å². The molecule has 0 bridgehead atoms. The second-order valence-corrected chi connectivity index (χ2v) is 10.7. The maximum absolute atomic E-state index is 13.5. The van der Waals surface area contributed by atoms with E-state index in [2.05, 4.69) is 0 Å². The molecule has 2 aromatic rings. The van der Waals surface area contributed by atoms with E-state index >= 15 is 0 Å². The average Bonchev–Trinajstić information content (AvgIpc) is 3.04. The van der Waals surface area contributed by atoms with E-state index in [9.17, 15) is 9.59 Å². The minimum absolute atomic E-state index is 0.165. The van der Waals surface area contributed by atoms with E-state index in [0.29, 0.717) is 11.4 Å². The number of carbonyl (C=O) groups excluding carboxylic acids is 2. The zero-order valence-electron chi connectivity index (χ0n) is 22.1. The van der Waals surface area contributed by atoms with Crippen LogP contribution in [0.2, 0.25) is 0 Å². The Kier molecular flexibility index (Phi) is 7.03. The van der Waals surface area contributed by atoms with Crippen molar-refractivity contribution in [3.05, 3.63) is 60.2 Å². The van der Waals surface area contributed by atoms with E-state index < -0.39 is 35.6 Å². The van der Waals surface area contributed by atoms with Gasteiger partial charge in [-0.1, -0.05) is 30.3 Å². The zero-order chi connectivity index (χ0) is 26.3. The van der Waals surface area contributed by atoms with Crippen molar-refractivity contribution >= 4 is 17.7 Å². The number of benzene rings is 2. The first kappa shape index (κ1) is 26.0. The molecule has 4 rings (SSSR count). The van der Waals surface area contributed by atoms with Crippen molar-refractivity contribution in [2.24, 2.45) is 0 Å². The summed E-state index contributed by atoms with van der Waals surface area (Å²) in [4.78, 5) is 30.2. The lowest BCUT2D eigenvalue weighted by Crippen LogP contribution is -2.74. The summed E-state index contributed by atoms with van der Waals surface area (Å²) in [6.45, 7) is 11.4. The third-order valence-electron chi connectivity index (χ3n) is 6.49. The molecule has 2 amide bonds. The number of hydrogen-bond acceptors (Lipinski definition) is 6. The van der Waals surface area contributed by atoms with Gasteiger partial charge in [-0.25, -0.2) is 4.79 Å². The Bertz CT molecular complexity index is 1080. The van der Waals surface area contributed by atoms with Crippen molar-refractivity contribution in [2.75, 3.05) is 12.0 Å². The number of methoxy groups -OCH3 is 1. The predicted molar refractivity (Wildman–Crippen MR) is 136 cm³/mol. The van der Waals surface area contributed by atoms with E-state index in [0.717, 1.165) is 5.56 Å². The summed E-state index contributed by atoms with van der Waals surface area (Å²) < 4.78 is 23.5. The Morgan fingerprint density at radius 1 is 1.03 bits per heavy atom. The minimum atomic E-state index is -0.930. The molecule has 0 radical (unpaired) electrons. The number of β-lactam (4-membered cyclic amide) rings is 1. The third-order valence-corrected chi connectivity index (χ3v) is 6.49. The van der Waals surface area contributed by atoms with E-state index in [-0.39, 0.29) is 18.6 Å². The molecule has 0 saturated carbocycles. The molecule has 0 aliphatic carbocycles. The number of amides is 2. The lowest BCUT2D eigenvalue weighted by atomic mass is 9.86. The van der Waals surface area contributed by atoms with Gasteiger partial charge in [0.2, 0.25) is 0 Å². The fourth-order valence-corrected chi connectivity index (χ4v) is 5.02.